The average molecular weight is 334 g/mol. The van der Waals surface area contributed by atoms with Crippen molar-refractivity contribution in [1.29, 1.82) is 0 Å². The number of hydrogen-bond donors (Lipinski definition) is 1. The fourth-order valence-corrected chi connectivity index (χ4v) is 3.92. The monoisotopic (exact) mass is 334 g/mol. The van der Waals surface area contributed by atoms with Crippen molar-refractivity contribution in [3.63, 3.8) is 0 Å². The van der Waals surface area contributed by atoms with E-state index < -0.39 is 0 Å². The van der Waals surface area contributed by atoms with Gasteiger partial charge in [0.05, 0.1) is 6.10 Å². The molecule has 0 unspecified atom stereocenters. The minimum atomic E-state index is -0.112. The first-order valence-corrected chi connectivity index (χ1v) is 8.99. The number of aromatic nitrogens is 4. The molecule has 23 heavy (non-hydrogen) atoms. The van der Waals surface area contributed by atoms with Gasteiger partial charge in [0, 0.05) is 30.8 Å². The Balaban J connectivity index is 1.67. The Hall–Kier alpha value is -1.60. The standard InChI is InChI=1S/C16H22N4O2S/c1-2-3-9-20-15(21)18-19-16(20)23-13-6-10-22-14(11-13)12-4-7-17-8-5-12/h4-5,7-8,13-14H,2-3,6,9-11H2,1H3,(H,18,21)/t13-,14+/m1/s1. The van der Waals surface area contributed by atoms with Crippen molar-refractivity contribution < 1.29 is 4.74 Å². The Morgan fingerprint density at radius 3 is 3.04 bits per heavy atom. The fourth-order valence-electron chi connectivity index (χ4n) is 2.74. The van der Waals surface area contributed by atoms with Gasteiger partial charge in [0.1, 0.15) is 0 Å². The summed E-state index contributed by atoms with van der Waals surface area (Å²) in [4.78, 5) is 15.9. The SMILES string of the molecule is CCCCn1c(S[C@@H]2CCO[C@H](c3ccncc3)C2)n[nH]c1=O. The van der Waals surface area contributed by atoms with Crippen molar-refractivity contribution in [1.82, 2.24) is 19.7 Å². The highest BCUT2D eigenvalue weighted by Crippen LogP contribution is 2.36. The smallest absolute Gasteiger partial charge is 0.343 e. The Bertz CT molecular complexity index is 670. The van der Waals surface area contributed by atoms with Crippen LogP contribution in [0.2, 0.25) is 0 Å². The highest BCUT2D eigenvalue weighted by atomic mass is 32.2. The lowest BCUT2D eigenvalue weighted by atomic mass is 10.0. The van der Waals surface area contributed by atoms with Crippen LogP contribution in [0.5, 0.6) is 0 Å². The van der Waals surface area contributed by atoms with E-state index in [0.29, 0.717) is 5.25 Å². The fraction of sp³-hybridized carbons (Fsp3) is 0.562. The molecule has 2 aromatic heterocycles. The minimum Gasteiger partial charge on any atom is -0.373 e. The molecule has 0 amide bonds. The predicted molar refractivity (Wildman–Crippen MR) is 89.6 cm³/mol. The van der Waals surface area contributed by atoms with Crippen LogP contribution in [0.25, 0.3) is 0 Å². The van der Waals surface area contributed by atoms with Gasteiger partial charge in [-0.2, -0.15) is 0 Å². The molecule has 0 bridgehead atoms. The second-order valence-corrected chi connectivity index (χ2v) is 6.99. The van der Waals surface area contributed by atoms with Crippen molar-refractivity contribution in [2.45, 2.75) is 55.7 Å². The van der Waals surface area contributed by atoms with Crippen molar-refractivity contribution in [3.05, 3.63) is 40.6 Å². The van der Waals surface area contributed by atoms with E-state index in [1.807, 2.05) is 12.1 Å². The van der Waals surface area contributed by atoms with Crippen LogP contribution in [0.1, 0.15) is 44.3 Å². The summed E-state index contributed by atoms with van der Waals surface area (Å²) in [5, 5.41) is 7.97. The molecule has 2 aromatic rings. The van der Waals surface area contributed by atoms with E-state index >= 15 is 0 Å². The Labute approximate surface area is 139 Å². The number of rotatable bonds is 6. The van der Waals surface area contributed by atoms with Gasteiger partial charge in [-0.25, -0.2) is 9.89 Å². The Morgan fingerprint density at radius 1 is 1.43 bits per heavy atom. The molecule has 1 N–H and O–H groups in total. The maximum atomic E-state index is 11.9. The van der Waals surface area contributed by atoms with E-state index in [0.717, 1.165) is 49.6 Å². The quantitative estimate of drug-likeness (QED) is 0.879. The first-order valence-electron chi connectivity index (χ1n) is 8.11. The average Bonchev–Trinajstić information content (AvgIpc) is 2.94. The molecule has 3 rings (SSSR count). The van der Waals surface area contributed by atoms with E-state index in [4.69, 9.17) is 4.74 Å². The number of unbranched alkanes of at least 4 members (excludes halogenated alkanes) is 1. The van der Waals surface area contributed by atoms with Gasteiger partial charge in [-0.05, 0) is 37.0 Å². The van der Waals surface area contributed by atoms with Gasteiger partial charge in [-0.15, -0.1) is 5.10 Å². The molecular formula is C16H22N4O2S. The van der Waals surface area contributed by atoms with Gasteiger partial charge in [0.15, 0.2) is 5.16 Å². The van der Waals surface area contributed by atoms with Crippen LogP contribution in [-0.2, 0) is 11.3 Å². The lowest BCUT2D eigenvalue weighted by Gasteiger charge is -2.29. The minimum absolute atomic E-state index is 0.0963. The zero-order valence-electron chi connectivity index (χ0n) is 13.3. The van der Waals surface area contributed by atoms with E-state index in [2.05, 4.69) is 22.1 Å². The van der Waals surface area contributed by atoms with Crippen LogP contribution in [0, 0.1) is 0 Å². The van der Waals surface area contributed by atoms with E-state index in [9.17, 15) is 4.79 Å². The molecule has 1 fully saturated rings. The summed E-state index contributed by atoms with van der Waals surface area (Å²) in [5.74, 6) is 0. The predicted octanol–water partition coefficient (Wildman–Crippen LogP) is 2.78. The lowest BCUT2D eigenvalue weighted by Crippen LogP contribution is -2.23. The highest BCUT2D eigenvalue weighted by molar-refractivity contribution is 7.99. The highest BCUT2D eigenvalue weighted by Gasteiger charge is 2.26. The van der Waals surface area contributed by atoms with Crippen molar-refractivity contribution in [3.8, 4) is 0 Å². The summed E-state index contributed by atoms with van der Waals surface area (Å²) in [7, 11) is 0. The van der Waals surface area contributed by atoms with Crippen LogP contribution < -0.4 is 5.69 Å². The number of nitrogens with one attached hydrogen (secondary N) is 1. The van der Waals surface area contributed by atoms with Crippen LogP contribution in [0.15, 0.2) is 34.5 Å². The summed E-state index contributed by atoms with van der Waals surface area (Å²) >= 11 is 1.69. The van der Waals surface area contributed by atoms with Gasteiger partial charge in [0.2, 0.25) is 0 Å². The van der Waals surface area contributed by atoms with E-state index in [-0.39, 0.29) is 11.8 Å². The van der Waals surface area contributed by atoms with E-state index in [1.54, 1.807) is 28.7 Å². The molecule has 1 aliphatic rings. The molecule has 0 saturated carbocycles. The molecule has 6 nitrogen and oxygen atoms in total. The third kappa shape index (κ3) is 4.03. The summed E-state index contributed by atoms with van der Waals surface area (Å²) < 4.78 is 7.65. The molecule has 124 valence electrons. The molecule has 2 atom stereocenters. The van der Waals surface area contributed by atoms with Crippen molar-refractivity contribution in [2.75, 3.05) is 6.61 Å². The number of thioether (sulfide) groups is 1. The molecule has 0 aliphatic carbocycles. The number of hydrogen-bond acceptors (Lipinski definition) is 5. The van der Waals surface area contributed by atoms with Gasteiger partial charge in [-0.3, -0.25) is 9.55 Å². The van der Waals surface area contributed by atoms with Crippen molar-refractivity contribution in [2.24, 2.45) is 0 Å². The number of aromatic amines is 1. The zero-order valence-corrected chi connectivity index (χ0v) is 14.1. The molecule has 7 heteroatoms. The third-order valence-electron chi connectivity index (χ3n) is 4.04. The van der Waals surface area contributed by atoms with Gasteiger partial charge in [-0.1, -0.05) is 25.1 Å². The summed E-state index contributed by atoms with van der Waals surface area (Å²) in [5.41, 5.74) is 1.05. The number of nitrogens with zero attached hydrogens (tertiary/aromatic N) is 3. The Morgan fingerprint density at radius 2 is 2.26 bits per heavy atom. The van der Waals surface area contributed by atoms with Crippen LogP contribution in [0.4, 0.5) is 0 Å². The molecule has 0 spiro atoms. The number of pyridine rings is 1. The second-order valence-electron chi connectivity index (χ2n) is 5.72. The first-order chi connectivity index (χ1) is 11.3. The largest absolute Gasteiger partial charge is 0.373 e. The number of ether oxygens (including phenoxy) is 1. The molecule has 0 radical (unpaired) electrons. The Kier molecular flexibility index (Phi) is 5.51. The summed E-state index contributed by atoms with van der Waals surface area (Å²) in [6.45, 7) is 3.58. The first kappa shape index (κ1) is 16.3. The normalized spacial score (nSPS) is 21.4. The topological polar surface area (TPSA) is 72.8 Å². The second kappa shape index (κ2) is 7.79. The van der Waals surface area contributed by atoms with Crippen LogP contribution in [-0.4, -0.2) is 31.6 Å². The molecule has 1 saturated heterocycles. The maximum Gasteiger partial charge on any atom is 0.343 e. The molecule has 0 aromatic carbocycles. The summed E-state index contributed by atoms with van der Waals surface area (Å²) in [6, 6.07) is 4.01. The number of H-pyrrole nitrogens is 1. The van der Waals surface area contributed by atoms with Gasteiger partial charge in [0.25, 0.3) is 0 Å². The maximum absolute atomic E-state index is 11.9. The van der Waals surface area contributed by atoms with Crippen molar-refractivity contribution >= 4 is 11.8 Å². The van der Waals surface area contributed by atoms with Crippen LogP contribution in [0.3, 0.4) is 0 Å². The van der Waals surface area contributed by atoms with Crippen LogP contribution >= 0.6 is 11.8 Å². The zero-order chi connectivity index (χ0) is 16.1. The lowest BCUT2D eigenvalue weighted by molar-refractivity contribution is 0.0177. The third-order valence-corrected chi connectivity index (χ3v) is 5.33. The van der Waals surface area contributed by atoms with E-state index in [1.165, 1.54) is 0 Å². The van der Waals surface area contributed by atoms with Gasteiger partial charge >= 0.3 is 5.69 Å². The molecular weight excluding hydrogens is 312 g/mol. The molecule has 1 aliphatic heterocycles. The summed E-state index contributed by atoms with van der Waals surface area (Å²) in [6.07, 6.45) is 7.63. The van der Waals surface area contributed by atoms with Gasteiger partial charge < -0.3 is 4.74 Å². The molecule has 3 heterocycles.